The van der Waals surface area contributed by atoms with Crippen LogP contribution in [0.5, 0.6) is 0 Å². The Hall–Kier alpha value is -0.830. The van der Waals surface area contributed by atoms with Crippen LogP contribution in [0.15, 0.2) is 12.7 Å². The molecule has 0 aromatic carbocycles. The maximum absolute atomic E-state index is 11.2. The average molecular weight is 166 g/mol. The zero-order valence-electron chi connectivity index (χ0n) is 7.36. The minimum atomic E-state index is 0.0894. The van der Waals surface area contributed by atoms with Crippen LogP contribution in [0.25, 0.3) is 0 Å². The van der Waals surface area contributed by atoms with E-state index < -0.39 is 0 Å². The van der Waals surface area contributed by atoms with Crippen LogP contribution in [0, 0.1) is 5.92 Å². The van der Waals surface area contributed by atoms with E-state index in [9.17, 15) is 4.79 Å². The Morgan fingerprint density at radius 1 is 1.50 bits per heavy atom. The summed E-state index contributed by atoms with van der Waals surface area (Å²) in [6.07, 6.45) is 1.41. The van der Waals surface area contributed by atoms with Crippen LogP contribution in [-0.4, -0.2) is 48.4 Å². The van der Waals surface area contributed by atoms with Gasteiger partial charge in [0, 0.05) is 25.6 Å². The lowest BCUT2D eigenvalue weighted by molar-refractivity contribution is -0.135. The van der Waals surface area contributed by atoms with Crippen molar-refractivity contribution in [3.63, 3.8) is 0 Å². The number of likely N-dealkylation sites (tertiary alicyclic amines) is 2. The standard InChI is InChI=1S/C9H14N2O/c1-3-9(12)11-5-7-4-10(2)6-8(7)11/h3,7-8H,1,4-6H2,2H3. The van der Waals surface area contributed by atoms with Crippen LogP contribution in [0.4, 0.5) is 0 Å². The molecule has 3 heteroatoms. The van der Waals surface area contributed by atoms with E-state index in [2.05, 4.69) is 18.5 Å². The van der Waals surface area contributed by atoms with Crippen LogP contribution >= 0.6 is 0 Å². The number of nitrogens with zero attached hydrogens (tertiary/aromatic N) is 2. The van der Waals surface area contributed by atoms with E-state index in [1.54, 1.807) is 0 Å². The molecule has 0 aromatic rings. The third kappa shape index (κ3) is 0.966. The van der Waals surface area contributed by atoms with Gasteiger partial charge in [-0.3, -0.25) is 4.79 Å². The molecule has 2 unspecified atom stereocenters. The van der Waals surface area contributed by atoms with Gasteiger partial charge in [0.05, 0.1) is 6.04 Å². The molecule has 12 heavy (non-hydrogen) atoms. The fraction of sp³-hybridized carbons (Fsp3) is 0.667. The second-order valence-electron chi connectivity index (χ2n) is 3.74. The van der Waals surface area contributed by atoms with Gasteiger partial charge in [-0.15, -0.1) is 0 Å². The zero-order valence-corrected chi connectivity index (χ0v) is 7.36. The summed E-state index contributed by atoms with van der Waals surface area (Å²) in [5.74, 6) is 0.811. The smallest absolute Gasteiger partial charge is 0.246 e. The average Bonchev–Trinajstić information content (AvgIpc) is 2.31. The van der Waals surface area contributed by atoms with Crippen molar-refractivity contribution in [3.8, 4) is 0 Å². The third-order valence-corrected chi connectivity index (χ3v) is 2.88. The van der Waals surface area contributed by atoms with Gasteiger partial charge in [-0.05, 0) is 13.1 Å². The maximum Gasteiger partial charge on any atom is 0.246 e. The van der Waals surface area contributed by atoms with Gasteiger partial charge in [0.25, 0.3) is 0 Å². The molecular formula is C9H14N2O. The molecule has 0 saturated carbocycles. The van der Waals surface area contributed by atoms with Crippen LogP contribution in [0.3, 0.4) is 0 Å². The molecule has 0 spiro atoms. The molecule has 0 aromatic heterocycles. The Bertz CT molecular complexity index is 227. The highest BCUT2D eigenvalue weighted by Crippen LogP contribution is 2.31. The van der Waals surface area contributed by atoms with Crippen LogP contribution in [0.2, 0.25) is 0 Å². The van der Waals surface area contributed by atoms with Gasteiger partial charge in [-0.1, -0.05) is 6.58 Å². The Kier molecular flexibility index (Phi) is 1.68. The number of fused-ring (bicyclic) bond motifs is 1. The minimum Gasteiger partial charge on any atom is -0.334 e. The number of hydrogen-bond donors (Lipinski definition) is 0. The quantitative estimate of drug-likeness (QED) is 0.510. The number of hydrogen-bond acceptors (Lipinski definition) is 2. The molecule has 2 rings (SSSR count). The monoisotopic (exact) mass is 166 g/mol. The fourth-order valence-corrected chi connectivity index (χ4v) is 2.22. The lowest BCUT2D eigenvalue weighted by atomic mass is 9.92. The summed E-state index contributed by atoms with van der Waals surface area (Å²) in [4.78, 5) is 15.4. The molecule has 2 aliphatic heterocycles. The number of carbonyl (C=O) groups excluding carboxylic acids is 1. The molecule has 0 aliphatic carbocycles. The Labute approximate surface area is 72.6 Å². The first kappa shape index (κ1) is 7.80. The normalized spacial score (nSPS) is 34.2. The van der Waals surface area contributed by atoms with Gasteiger partial charge in [0.15, 0.2) is 0 Å². The van der Waals surface area contributed by atoms with Crippen LogP contribution < -0.4 is 0 Å². The summed E-state index contributed by atoms with van der Waals surface area (Å²) in [5.41, 5.74) is 0. The largest absolute Gasteiger partial charge is 0.334 e. The van der Waals surface area contributed by atoms with E-state index in [0.717, 1.165) is 25.6 Å². The highest BCUT2D eigenvalue weighted by Gasteiger charge is 2.45. The van der Waals surface area contributed by atoms with Crippen molar-refractivity contribution in [1.29, 1.82) is 0 Å². The summed E-state index contributed by atoms with van der Waals surface area (Å²) in [6.45, 7) is 6.60. The molecule has 2 saturated heterocycles. The topological polar surface area (TPSA) is 23.6 Å². The minimum absolute atomic E-state index is 0.0894. The summed E-state index contributed by atoms with van der Waals surface area (Å²) in [6, 6.07) is 0.473. The number of carbonyl (C=O) groups is 1. The summed E-state index contributed by atoms with van der Waals surface area (Å²) < 4.78 is 0. The SMILES string of the molecule is C=CC(=O)N1CC2CN(C)CC21. The predicted molar refractivity (Wildman–Crippen MR) is 46.7 cm³/mol. The van der Waals surface area contributed by atoms with Gasteiger partial charge in [0.2, 0.25) is 5.91 Å². The summed E-state index contributed by atoms with van der Waals surface area (Å²) >= 11 is 0. The first-order valence-corrected chi connectivity index (χ1v) is 4.34. The number of rotatable bonds is 1. The predicted octanol–water partition coefficient (Wildman–Crippen LogP) is -0.0552. The molecular weight excluding hydrogens is 152 g/mol. The van der Waals surface area contributed by atoms with Crippen molar-refractivity contribution >= 4 is 5.91 Å². The van der Waals surface area contributed by atoms with Gasteiger partial charge in [0.1, 0.15) is 0 Å². The molecule has 3 nitrogen and oxygen atoms in total. The lowest BCUT2D eigenvalue weighted by Crippen LogP contribution is -2.57. The van der Waals surface area contributed by atoms with Crippen molar-refractivity contribution in [1.82, 2.24) is 9.80 Å². The maximum atomic E-state index is 11.2. The van der Waals surface area contributed by atoms with E-state index >= 15 is 0 Å². The lowest BCUT2D eigenvalue weighted by Gasteiger charge is -2.43. The molecule has 0 bridgehead atoms. The number of likely N-dealkylation sites (N-methyl/N-ethyl adjacent to an activating group) is 1. The third-order valence-electron chi connectivity index (χ3n) is 2.88. The van der Waals surface area contributed by atoms with Gasteiger partial charge < -0.3 is 9.80 Å². The Morgan fingerprint density at radius 2 is 2.25 bits per heavy atom. The Morgan fingerprint density at radius 3 is 2.83 bits per heavy atom. The van der Waals surface area contributed by atoms with Crippen LogP contribution in [-0.2, 0) is 4.79 Å². The highest BCUT2D eigenvalue weighted by atomic mass is 16.2. The Balaban J connectivity index is 1.99. The molecule has 0 N–H and O–H groups in total. The molecule has 66 valence electrons. The zero-order chi connectivity index (χ0) is 8.72. The first-order chi connectivity index (χ1) is 5.72. The van der Waals surface area contributed by atoms with E-state index in [1.807, 2.05) is 4.90 Å². The molecule has 0 radical (unpaired) electrons. The van der Waals surface area contributed by atoms with Gasteiger partial charge in [-0.2, -0.15) is 0 Å². The van der Waals surface area contributed by atoms with Crippen LogP contribution in [0.1, 0.15) is 0 Å². The molecule has 2 heterocycles. The first-order valence-electron chi connectivity index (χ1n) is 4.34. The summed E-state index contributed by atoms with van der Waals surface area (Å²) in [7, 11) is 2.11. The highest BCUT2D eigenvalue weighted by molar-refractivity contribution is 5.88. The molecule has 2 fully saturated rings. The van der Waals surface area contributed by atoms with Crippen molar-refractivity contribution in [2.45, 2.75) is 6.04 Å². The van der Waals surface area contributed by atoms with Gasteiger partial charge >= 0.3 is 0 Å². The van der Waals surface area contributed by atoms with Crippen molar-refractivity contribution in [2.75, 3.05) is 26.7 Å². The van der Waals surface area contributed by atoms with Crippen molar-refractivity contribution in [2.24, 2.45) is 5.92 Å². The van der Waals surface area contributed by atoms with Gasteiger partial charge in [-0.25, -0.2) is 0 Å². The van der Waals surface area contributed by atoms with E-state index in [1.165, 1.54) is 6.08 Å². The number of amides is 1. The van der Waals surface area contributed by atoms with E-state index in [0.29, 0.717) is 6.04 Å². The van der Waals surface area contributed by atoms with Crippen molar-refractivity contribution in [3.05, 3.63) is 12.7 Å². The molecule has 1 amide bonds. The van der Waals surface area contributed by atoms with Crippen molar-refractivity contribution < 1.29 is 4.79 Å². The molecule has 2 aliphatic rings. The molecule has 2 atom stereocenters. The second kappa shape index (κ2) is 2.59. The van der Waals surface area contributed by atoms with E-state index in [-0.39, 0.29) is 5.91 Å². The van der Waals surface area contributed by atoms with E-state index in [4.69, 9.17) is 0 Å². The second-order valence-corrected chi connectivity index (χ2v) is 3.74. The fourth-order valence-electron chi connectivity index (χ4n) is 2.22. The summed E-state index contributed by atoms with van der Waals surface area (Å²) in [5, 5.41) is 0.